The monoisotopic (exact) mass is 1130 g/mol. The lowest BCUT2D eigenvalue weighted by Gasteiger charge is -2.67. The molecule has 5 aliphatic rings. The first-order chi connectivity index (χ1) is 38.3. The summed E-state index contributed by atoms with van der Waals surface area (Å²) in [5.74, 6) is -9.93. The molecule has 8 rings (SSSR count). The lowest BCUT2D eigenvalue weighted by Crippen LogP contribution is -2.82. The fourth-order valence-corrected chi connectivity index (χ4v) is 12.3. The van der Waals surface area contributed by atoms with Crippen LogP contribution >= 0.6 is 0 Å². The molecule has 0 radical (unpaired) electrons. The van der Waals surface area contributed by atoms with Crippen LogP contribution < -0.4 is 5.32 Å². The zero-order chi connectivity index (χ0) is 58.9. The van der Waals surface area contributed by atoms with Crippen LogP contribution in [0.5, 0.6) is 0 Å². The first-order valence-corrected chi connectivity index (χ1v) is 26.4. The molecule has 1 amide bonds. The van der Waals surface area contributed by atoms with Gasteiger partial charge >= 0.3 is 35.8 Å². The molecule has 3 aromatic carbocycles. The Labute approximate surface area is 465 Å². The Morgan fingerprint density at radius 1 is 0.778 bits per heavy atom. The number of hydrogen-bond acceptors (Lipinski definition) is 22. The van der Waals surface area contributed by atoms with E-state index in [0.717, 1.165) is 21.0 Å². The van der Waals surface area contributed by atoms with Crippen LogP contribution in [-0.4, -0.2) is 172 Å². The van der Waals surface area contributed by atoms with Crippen molar-refractivity contribution < 1.29 is 107 Å². The van der Waals surface area contributed by atoms with E-state index < -0.39 is 181 Å². The number of Topliss-reactive ketones (excluding diaryl/α,β-unsaturated/α-hetero) is 1. The first kappa shape index (κ1) is 60.1. The molecule has 6 N–H and O–H groups in total. The molecule has 0 unspecified atom stereocenters. The van der Waals surface area contributed by atoms with E-state index in [9.17, 15) is 54.3 Å². The van der Waals surface area contributed by atoms with Crippen molar-refractivity contribution in [2.45, 2.75) is 152 Å². The molecule has 4 fully saturated rings. The number of esters is 6. The number of hydrogen-bond donors (Lipinski definition) is 6. The number of benzene rings is 3. The zero-order valence-corrected chi connectivity index (χ0v) is 45.6. The Hall–Kier alpha value is -6.96. The maximum Gasteiger partial charge on any atom is 0.350 e. The number of methoxy groups -OCH3 is 1. The van der Waals surface area contributed by atoms with Crippen LogP contribution in [0, 0.1) is 16.7 Å². The third-order valence-corrected chi connectivity index (χ3v) is 16.6. The second kappa shape index (κ2) is 23.9. The van der Waals surface area contributed by atoms with Crippen LogP contribution in [0.2, 0.25) is 0 Å². The molecule has 2 bridgehead atoms. The fourth-order valence-electron chi connectivity index (χ4n) is 12.3. The van der Waals surface area contributed by atoms with Crippen molar-refractivity contribution in [3.8, 4) is 0 Å². The van der Waals surface area contributed by atoms with Gasteiger partial charge < -0.3 is 73.5 Å². The molecule has 23 heteroatoms. The Morgan fingerprint density at radius 2 is 1.38 bits per heavy atom. The molecule has 16 atom stereocenters. The number of fused-ring (bicyclic) bond motifs is 5. The third-order valence-electron chi connectivity index (χ3n) is 16.6. The van der Waals surface area contributed by atoms with Gasteiger partial charge in [-0.1, -0.05) is 80.6 Å². The summed E-state index contributed by atoms with van der Waals surface area (Å²) in [5.41, 5.74) is -8.20. The van der Waals surface area contributed by atoms with Crippen LogP contribution in [-0.2, 0) is 71.4 Å². The Kier molecular flexibility index (Phi) is 17.7. The number of ketones is 1. The quantitative estimate of drug-likeness (QED) is 0.0640. The van der Waals surface area contributed by atoms with Crippen molar-refractivity contribution in [2.24, 2.45) is 16.7 Å². The minimum atomic E-state index is -2.56. The van der Waals surface area contributed by atoms with Gasteiger partial charge in [0, 0.05) is 44.8 Å². The highest BCUT2D eigenvalue weighted by Crippen LogP contribution is 2.64. The van der Waals surface area contributed by atoms with Gasteiger partial charge in [-0.05, 0) is 54.8 Å². The summed E-state index contributed by atoms with van der Waals surface area (Å²) in [6, 6.07) is 21.7. The smallest absolute Gasteiger partial charge is 0.350 e. The van der Waals surface area contributed by atoms with Gasteiger partial charge in [-0.3, -0.25) is 28.8 Å². The number of rotatable bonds is 17. The summed E-state index contributed by atoms with van der Waals surface area (Å²) < 4.78 is 52.7. The Bertz CT molecular complexity index is 2900. The highest BCUT2D eigenvalue weighted by Gasteiger charge is 2.78. The highest BCUT2D eigenvalue weighted by atomic mass is 16.7. The summed E-state index contributed by atoms with van der Waals surface area (Å²) >= 11 is 0. The fraction of sp³-hybridized carbons (Fsp3) is 0.517. The normalized spacial score (nSPS) is 32.7. The molecule has 0 aromatic heterocycles. The van der Waals surface area contributed by atoms with E-state index >= 15 is 9.59 Å². The maximum absolute atomic E-state index is 15.8. The topological polar surface area (TPSA) is 333 Å². The standard InChI is InChI=1S/C58H67NO22/c1-29-35(26-58(72)50(80-52(70)34-21-15-10-16-22-34)48-56(6,37(63)25-38-57(48,28-74-38)81-31(3)62)49(68)45(75-30(2)61)41(29)55(58,4)5)76-53(71)46(42(32-17-11-8-12-18-32)59-51(69)33-19-13-9-14-20-33)78-39(64)23-24-40(65)79-47-44(67)43(66)36(27-60)77-54(47)73-7/h8-22,35-38,42-48,50,54,60,63,66-67,72H,23-28H2,1-7H3,(H,59,69)/t35-,36+,37-,38+,42-,43+,44-,45+,46+,47+,48-,50-,54+,56+,57-,58+/m0/s1. The predicted octanol–water partition coefficient (Wildman–Crippen LogP) is 2.06. The SMILES string of the molecule is CO[C@@H]1O[C@H](CO)[C@@H](O)[C@H](O)[C@H]1OC(=O)CCC(=O)O[C@@H](C(=O)O[C@H]1C[C@@]2(O)[C@@H](OC(=O)c3ccccc3)[C@@H]3[C@]4(OC(C)=O)CO[C@@H]4C[C@H](O)[C@@]3(C)C(=O)[C@H](OC(C)=O)C(=C1C)C2(C)C)[C@@H](NC(=O)c1ccccc1)c1ccccc1. The van der Waals surface area contributed by atoms with Crippen molar-refractivity contribution >= 4 is 47.5 Å². The number of carbonyl (C=O) groups excluding carboxylic acids is 8. The van der Waals surface area contributed by atoms with Crippen LogP contribution in [0.3, 0.4) is 0 Å². The lowest BCUT2D eigenvalue weighted by atomic mass is 9.44. The molecular formula is C58H67NO22. The van der Waals surface area contributed by atoms with E-state index in [0.29, 0.717) is 0 Å². The zero-order valence-electron chi connectivity index (χ0n) is 45.6. The van der Waals surface area contributed by atoms with E-state index in [1.54, 1.807) is 54.6 Å². The van der Waals surface area contributed by atoms with Crippen molar-refractivity contribution in [3.05, 3.63) is 119 Å². The van der Waals surface area contributed by atoms with Crippen LogP contribution in [0.1, 0.15) is 99.5 Å². The summed E-state index contributed by atoms with van der Waals surface area (Å²) in [6.45, 7) is 6.83. The average molecular weight is 1130 g/mol. The molecule has 0 spiro atoms. The Morgan fingerprint density at radius 3 is 1.95 bits per heavy atom. The summed E-state index contributed by atoms with van der Waals surface area (Å²) in [7, 11) is 1.16. The van der Waals surface area contributed by atoms with Gasteiger partial charge in [0.05, 0.1) is 49.1 Å². The van der Waals surface area contributed by atoms with Crippen LogP contribution in [0.25, 0.3) is 0 Å². The number of nitrogens with one attached hydrogen (secondary N) is 1. The van der Waals surface area contributed by atoms with E-state index in [1.165, 1.54) is 64.1 Å². The Balaban J connectivity index is 1.23. The van der Waals surface area contributed by atoms with Crippen molar-refractivity contribution in [2.75, 3.05) is 20.3 Å². The van der Waals surface area contributed by atoms with Gasteiger partial charge in [0.15, 0.2) is 29.9 Å². The van der Waals surface area contributed by atoms with E-state index in [1.807, 2.05) is 0 Å². The van der Waals surface area contributed by atoms with E-state index in [-0.39, 0.29) is 34.3 Å². The highest BCUT2D eigenvalue weighted by molar-refractivity contribution is 5.96. The number of aliphatic hydroxyl groups is 5. The minimum absolute atomic E-state index is 0.00556. The predicted molar refractivity (Wildman–Crippen MR) is 275 cm³/mol. The molecule has 2 saturated carbocycles. The molecule has 2 heterocycles. The van der Waals surface area contributed by atoms with Crippen molar-refractivity contribution in [1.82, 2.24) is 5.32 Å². The second-order valence-electron chi connectivity index (χ2n) is 21.7. The lowest BCUT2D eigenvalue weighted by molar-refractivity contribution is -0.346. The molecule has 81 heavy (non-hydrogen) atoms. The molecule has 3 aliphatic carbocycles. The van der Waals surface area contributed by atoms with Gasteiger partial charge in [0.1, 0.15) is 48.3 Å². The molecule has 436 valence electrons. The number of ether oxygens (including phenoxy) is 9. The van der Waals surface area contributed by atoms with Gasteiger partial charge in [-0.25, -0.2) is 9.59 Å². The molecule has 2 saturated heterocycles. The van der Waals surface area contributed by atoms with Crippen molar-refractivity contribution in [3.63, 3.8) is 0 Å². The number of carbonyl (C=O) groups is 8. The second-order valence-corrected chi connectivity index (χ2v) is 21.7. The number of aliphatic hydroxyl groups excluding tert-OH is 4. The van der Waals surface area contributed by atoms with Crippen LogP contribution in [0.4, 0.5) is 0 Å². The average Bonchev–Trinajstić information content (AvgIpc) is 3.63. The van der Waals surface area contributed by atoms with E-state index in [4.69, 9.17) is 42.6 Å². The maximum atomic E-state index is 15.8. The van der Waals surface area contributed by atoms with Gasteiger partial charge in [0.25, 0.3) is 5.91 Å². The molecule has 2 aliphatic heterocycles. The largest absolute Gasteiger partial charge is 0.455 e. The minimum Gasteiger partial charge on any atom is -0.455 e. The van der Waals surface area contributed by atoms with Gasteiger partial charge in [0.2, 0.25) is 6.10 Å². The van der Waals surface area contributed by atoms with Crippen LogP contribution in [0.15, 0.2) is 102 Å². The summed E-state index contributed by atoms with van der Waals surface area (Å²) in [4.78, 5) is 114. The molecule has 3 aromatic rings. The van der Waals surface area contributed by atoms with Gasteiger partial charge in [-0.2, -0.15) is 0 Å². The van der Waals surface area contributed by atoms with Gasteiger partial charge in [-0.15, -0.1) is 0 Å². The van der Waals surface area contributed by atoms with Crippen molar-refractivity contribution in [1.29, 1.82) is 0 Å². The summed E-state index contributed by atoms with van der Waals surface area (Å²) in [5, 5.41) is 59.9. The molecule has 23 nitrogen and oxygen atoms in total. The number of amides is 1. The molecular weight excluding hydrogens is 1060 g/mol. The first-order valence-electron chi connectivity index (χ1n) is 26.4. The van der Waals surface area contributed by atoms with E-state index in [2.05, 4.69) is 5.32 Å². The third kappa shape index (κ3) is 11.2. The summed E-state index contributed by atoms with van der Waals surface area (Å²) in [6.07, 6.45) is -21.0.